The van der Waals surface area contributed by atoms with Gasteiger partial charge in [-0.05, 0) is 146 Å². The molecular weight excluding hydrogens is 751 g/mol. The van der Waals surface area contributed by atoms with E-state index in [0.717, 1.165) is 45.5 Å². The highest BCUT2D eigenvalue weighted by molar-refractivity contribution is 6.99. The molecule has 0 aromatic heterocycles. The van der Waals surface area contributed by atoms with Gasteiger partial charge in [-0.1, -0.05) is 147 Å². The molecule has 62 heavy (non-hydrogen) atoms. The molecule has 0 unspecified atom stereocenters. The molecule has 3 aliphatic rings. The Labute approximate surface area is 364 Å². The summed E-state index contributed by atoms with van der Waals surface area (Å²) in [5, 5.41) is 0. The molecule has 0 saturated heterocycles. The minimum Gasteiger partial charge on any atom is -0.458 e. The highest BCUT2D eigenvalue weighted by Gasteiger charge is 2.45. The maximum Gasteiger partial charge on any atom is 0.256 e. The van der Waals surface area contributed by atoms with Crippen molar-refractivity contribution in [3.05, 3.63) is 223 Å². The highest BCUT2D eigenvalue weighted by atomic mass is 16.5. The van der Waals surface area contributed by atoms with Crippen molar-refractivity contribution in [2.75, 3.05) is 9.80 Å². The van der Waals surface area contributed by atoms with Gasteiger partial charge < -0.3 is 14.5 Å². The first kappa shape index (κ1) is 36.3. The summed E-state index contributed by atoms with van der Waals surface area (Å²) in [6.45, 7) is 6.93. The van der Waals surface area contributed by atoms with Crippen LogP contribution in [0, 0.1) is 6.92 Å². The molecule has 0 radical (unpaired) electrons. The van der Waals surface area contributed by atoms with Crippen LogP contribution in [0.4, 0.5) is 34.1 Å². The van der Waals surface area contributed by atoms with Crippen LogP contribution in [-0.2, 0) is 5.41 Å². The molecule has 0 N–H and O–H groups in total. The summed E-state index contributed by atoms with van der Waals surface area (Å²) in [6, 6.07) is 75.2. The topological polar surface area (TPSA) is 15.7 Å². The number of hydrogen-bond acceptors (Lipinski definition) is 3. The molecule has 0 fully saturated rings. The summed E-state index contributed by atoms with van der Waals surface area (Å²) in [5.74, 6) is 1.85. The van der Waals surface area contributed by atoms with Crippen LogP contribution in [0.15, 0.2) is 206 Å². The van der Waals surface area contributed by atoms with Crippen LogP contribution in [0.2, 0.25) is 0 Å². The van der Waals surface area contributed by atoms with E-state index >= 15 is 0 Å². The Hall–Kier alpha value is -7.56. The van der Waals surface area contributed by atoms with Crippen molar-refractivity contribution in [2.24, 2.45) is 0 Å². The van der Waals surface area contributed by atoms with Crippen LogP contribution >= 0.6 is 0 Å². The van der Waals surface area contributed by atoms with Crippen molar-refractivity contribution >= 4 is 57.2 Å². The van der Waals surface area contributed by atoms with E-state index in [-0.39, 0.29) is 12.1 Å². The SMILES string of the molecule is Cc1cc2c3c(c1)N(c1ccc(-c4ccccc4)cc1)c1ccc(-c4ccccc4)cc1B3c1cc3c(cc1O2)-c1ccc(N(c2ccccc2)c2ccccc2)cc1C3(C)C. The van der Waals surface area contributed by atoms with E-state index in [4.69, 9.17) is 4.74 Å². The molecule has 0 atom stereocenters. The van der Waals surface area contributed by atoms with Gasteiger partial charge in [-0.2, -0.15) is 0 Å². The van der Waals surface area contributed by atoms with Crippen molar-refractivity contribution in [2.45, 2.75) is 26.2 Å². The third-order valence-corrected chi connectivity index (χ3v) is 13.3. The van der Waals surface area contributed by atoms with Gasteiger partial charge in [0.1, 0.15) is 11.5 Å². The molecule has 4 heteroatoms. The average molecular weight is 795 g/mol. The summed E-state index contributed by atoms with van der Waals surface area (Å²) in [6.07, 6.45) is 0. The van der Waals surface area contributed by atoms with Crippen LogP contribution in [0.5, 0.6) is 11.5 Å². The molecule has 3 nitrogen and oxygen atoms in total. The summed E-state index contributed by atoms with van der Waals surface area (Å²) >= 11 is 0. The predicted molar refractivity (Wildman–Crippen MR) is 260 cm³/mol. The van der Waals surface area contributed by atoms with Crippen LogP contribution in [-0.4, -0.2) is 6.71 Å². The average Bonchev–Trinajstić information content (AvgIpc) is 3.53. The second-order valence-corrected chi connectivity index (χ2v) is 17.4. The molecule has 9 aromatic rings. The number of rotatable bonds is 6. The maximum atomic E-state index is 7.15. The van der Waals surface area contributed by atoms with E-state index in [1.165, 1.54) is 66.6 Å². The van der Waals surface area contributed by atoms with E-state index in [0.29, 0.717) is 0 Å². The van der Waals surface area contributed by atoms with Crippen molar-refractivity contribution in [1.82, 2.24) is 0 Å². The number of ether oxygens (including phenoxy) is 1. The minimum atomic E-state index is -0.263. The number of nitrogens with zero attached hydrogens (tertiary/aromatic N) is 2. The molecule has 294 valence electrons. The van der Waals surface area contributed by atoms with E-state index in [2.05, 4.69) is 237 Å². The van der Waals surface area contributed by atoms with Gasteiger partial charge in [-0.15, -0.1) is 0 Å². The summed E-state index contributed by atoms with van der Waals surface area (Å²) < 4.78 is 7.15. The molecule has 2 heterocycles. The van der Waals surface area contributed by atoms with Gasteiger partial charge >= 0.3 is 0 Å². The van der Waals surface area contributed by atoms with Gasteiger partial charge in [-0.3, -0.25) is 0 Å². The molecule has 9 aromatic carbocycles. The lowest BCUT2D eigenvalue weighted by atomic mass is 9.34. The first-order valence-corrected chi connectivity index (χ1v) is 21.6. The Kier molecular flexibility index (Phi) is 8.20. The Morgan fingerprint density at radius 3 is 1.69 bits per heavy atom. The third kappa shape index (κ3) is 5.67. The monoisotopic (exact) mass is 794 g/mol. The van der Waals surface area contributed by atoms with E-state index in [1.807, 2.05) is 0 Å². The van der Waals surface area contributed by atoms with Crippen molar-refractivity contribution in [3.63, 3.8) is 0 Å². The Bertz CT molecular complexity index is 3140. The summed E-state index contributed by atoms with van der Waals surface area (Å²) in [7, 11) is 0. The molecule has 0 spiro atoms. The molecular formula is C58H43BN2O. The molecule has 0 bridgehead atoms. The number of aryl methyl sites for hydroxylation is 1. The standard InChI is InChI=1S/C58H43BN2O/c1-38-32-54-57-56(33-38)62-55-36-48-47-30-29-46(60(43-20-12-6-13-21-43)44-22-14-7-15-23-44)35-49(47)58(2,3)50(48)37-52(55)59(57)51-34-42(40-18-10-5-11-19-40)26-31-53(51)61(54)45-27-24-41(25-28-45)39-16-8-4-9-17-39/h4-37H,1-3H3. The minimum absolute atomic E-state index is 0.0325. The molecule has 0 amide bonds. The second-order valence-electron chi connectivity index (χ2n) is 17.4. The smallest absolute Gasteiger partial charge is 0.256 e. The first-order chi connectivity index (χ1) is 30.4. The normalized spacial score (nSPS) is 13.6. The Balaban J connectivity index is 1.03. The zero-order valence-corrected chi connectivity index (χ0v) is 35.0. The third-order valence-electron chi connectivity index (χ3n) is 13.3. The van der Waals surface area contributed by atoms with E-state index in [1.54, 1.807) is 0 Å². The molecule has 2 aliphatic heterocycles. The maximum absolute atomic E-state index is 7.15. The molecule has 1 aliphatic carbocycles. The first-order valence-electron chi connectivity index (χ1n) is 21.6. The number of fused-ring (bicyclic) bond motifs is 7. The lowest BCUT2D eigenvalue weighted by molar-refractivity contribution is 0.487. The molecule has 0 saturated carbocycles. The van der Waals surface area contributed by atoms with Gasteiger partial charge in [0.05, 0.1) is 0 Å². The van der Waals surface area contributed by atoms with Crippen LogP contribution < -0.4 is 30.9 Å². The molecule has 12 rings (SSSR count). The number of hydrogen-bond donors (Lipinski definition) is 0. The van der Waals surface area contributed by atoms with Crippen molar-refractivity contribution in [3.8, 4) is 44.9 Å². The summed E-state index contributed by atoms with van der Waals surface area (Å²) in [4.78, 5) is 4.81. The highest BCUT2D eigenvalue weighted by Crippen LogP contribution is 2.52. The van der Waals surface area contributed by atoms with Gasteiger partial charge in [0.15, 0.2) is 0 Å². The van der Waals surface area contributed by atoms with Crippen LogP contribution in [0.3, 0.4) is 0 Å². The van der Waals surface area contributed by atoms with Crippen molar-refractivity contribution in [1.29, 1.82) is 0 Å². The van der Waals surface area contributed by atoms with Gasteiger partial charge in [-0.25, -0.2) is 0 Å². The lowest BCUT2D eigenvalue weighted by Crippen LogP contribution is -2.59. The quantitative estimate of drug-likeness (QED) is 0.156. The van der Waals surface area contributed by atoms with Crippen LogP contribution in [0.25, 0.3) is 33.4 Å². The van der Waals surface area contributed by atoms with Crippen molar-refractivity contribution < 1.29 is 4.74 Å². The second kappa shape index (κ2) is 14.0. The largest absolute Gasteiger partial charge is 0.458 e. The number of para-hydroxylation sites is 2. The van der Waals surface area contributed by atoms with Gasteiger partial charge in [0.25, 0.3) is 6.71 Å². The predicted octanol–water partition coefficient (Wildman–Crippen LogP) is 13.5. The Morgan fingerprint density at radius 2 is 1.03 bits per heavy atom. The lowest BCUT2D eigenvalue weighted by Gasteiger charge is -2.41. The summed E-state index contributed by atoms with van der Waals surface area (Å²) in [5.41, 5.74) is 21.5. The fourth-order valence-corrected chi connectivity index (χ4v) is 10.4. The zero-order chi connectivity index (χ0) is 41.5. The fourth-order valence-electron chi connectivity index (χ4n) is 10.4. The zero-order valence-electron chi connectivity index (χ0n) is 35.0. The number of anilines is 6. The van der Waals surface area contributed by atoms with Crippen LogP contribution in [0.1, 0.15) is 30.5 Å². The number of benzene rings is 9. The fraction of sp³-hybridized carbons (Fsp3) is 0.0690. The van der Waals surface area contributed by atoms with Gasteiger partial charge in [0, 0.05) is 39.5 Å². The Morgan fingerprint density at radius 1 is 0.452 bits per heavy atom. The van der Waals surface area contributed by atoms with E-state index < -0.39 is 0 Å². The van der Waals surface area contributed by atoms with E-state index in [9.17, 15) is 0 Å². The van der Waals surface area contributed by atoms with Gasteiger partial charge in [0.2, 0.25) is 0 Å².